The van der Waals surface area contributed by atoms with E-state index >= 15 is 0 Å². The highest BCUT2D eigenvalue weighted by Gasteiger charge is 2.26. The molecule has 0 saturated carbocycles. The van der Waals surface area contributed by atoms with E-state index in [0.717, 1.165) is 36.3 Å². The number of likely N-dealkylation sites (tertiary alicyclic amines) is 1. The smallest absolute Gasteiger partial charge is 0.221 e. The van der Waals surface area contributed by atoms with Gasteiger partial charge in [-0.2, -0.15) is 5.10 Å². The van der Waals surface area contributed by atoms with Gasteiger partial charge in [-0.25, -0.2) is 4.68 Å². The molecule has 0 spiro atoms. The predicted octanol–water partition coefficient (Wildman–Crippen LogP) is 2.53. The topological polar surface area (TPSA) is 64.2 Å². The summed E-state index contributed by atoms with van der Waals surface area (Å²) in [5.74, 6) is -0.274. The number of halogens is 1. The lowest BCUT2D eigenvalue weighted by atomic mass is 9.97. The molecular weight excluding hydrogens is 312 g/mol. The van der Waals surface area contributed by atoms with Gasteiger partial charge < -0.3 is 5.73 Å². The summed E-state index contributed by atoms with van der Waals surface area (Å²) in [5.41, 5.74) is 8.33. The fourth-order valence-electron chi connectivity index (χ4n) is 3.11. The average molecular weight is 333 g/mol. The molecule has 6 heteroatoms. The summed E-state index contributed by atoms with van der Waals surface area (Å²) in [6.45, 7) is 4.31. The van der Waals surface area contributed by atoms with Crippen LogP contribution < -0.4 is 5.73 Å². The lowest BCUT2D eigenvalue weighted by Crippen LogP contribution is -2.40. The van der Waals surface area contributed by atoms with E-state index in [4.69, 9.17) is 17.3 Å². The van der Waals surface area contributed by atoms with E-state index in [1.54, 1.807) is 4.68 Å². The molecule has 5 nitrogen and oxygen atoms in total. The Hall–Kier alpha value is -1.85. The minimum atomic E-state index is -0.211. The molecule has 1 aromatic carbocycles. The summed E-state index contributed by atoms with van der Waals surface area (Å²) in [6.07, 6.45) is 1.86. The third-order valence-electron chi connectivity index (χ3n) is 4.41. The first-order chi connectivity index (χ1) is 11.1. The van der Waals surface area contributed by atoms with E-state index in [2.05, 4.69) is 10.00 Å². The molecule has 1 fully saturated rings. The molecule has 1 aromatic heterocycles. The first-order valence-corrected chi connectivity index (χ1v) is 8.25. The van der Waals surface area contributed by atoms with Crippen LogP contribution in [-0.2, 0) is 11.3 Å². The highest BCUT2D eigenvalue weighted by molar-refractivity contribution is 6.30. The Morgan fingerprint density at radius 1 is 1.39 bits per heavy atom. The number of carbonyl (C=O) groups excluding carboxylic acids is 1. The van der Waals surface area contributed by atoms with E-state index in [-0.39, 0.29) is 11.8 Å². The second-order valence-corrected chi connectivity index (χ2v) is 6.44. The molecule has 0 aliphatic carbocycles. The van der Waals surface area contributed by atoms with Crippen molar-refractivity contribution in [3.05, 3.63) is 46.7 Å². The van der Waals surface area contributed by atoms with E-state index in [1.165, 1.54) is 0 Å². The molecule has 0 radical (unpaired) electrons. The van der Waals surface area contributed by atoms with Gasteiger partial charge in [0.15, 0.2) is 0 Å². The maximum atomic E-state index is 11.4. The van der Waals surface area contributed by atoms with Gasteiger partial charge in [0.2, 0.25) is 5.91 Å². The first-order valence-electron chi connectivity index (χ1n) is 7.87. The number of rotatable bonds is 4. The predicted molar refractivity (Wildman–Crippen MR) is 90.5 cm³/mol. The molecule has 1 atom stereocenters. The average Bonchev–Trinajstić information content (AvgIpc) is 2.84. The van der Waals surface area contributed by atoms with Crippen LogP contribution in [-0.4, -0.2) is 33.7 Å². The molecule has 122 valence electrons. The molecule has 1 unspecified atom stereocenters. The summed E-state index contributed by atoms with van der Waals surface area (Å²) in [7, 11) is 0. The van der Waals surface area contributed by atoms with Gasteiger partial charge in [-0.15, -0.1) is 0 Å². The molecule has 23 heavy (non-hydrogen) atoms. The van der Waals surface area contributed by atoms with E-state index < -0.39 is 0 Å². The quantitative estimate of drug-likeness (QED) is 0.935. The van der Waals surface area contributed by atoms with Crippen molar-refractivity contribution in [2.75, 3.05) is 13.1 Å². The number of benzene rings is 1. The number of aromatic nitrogens is 2. The van der Waals surface area contributed by atoms with Crippen molar-refractivity contribution in [2.24, 2.45) is 11.7 Å². The van der Waals surface area contributed by atoms with Gasteiger partial charge in [-0.05, 0) is 38.4 Å². The molecular formula is C17H21ClN4O. The highest BCUT2D eigenvalue weighted by atomic mass is 35.5. The summed E-state index contributed by atoms with van der Waals surface area (Å²) >= 11 is 6.56. The number of hydrogen-bond acceptors (Lipinski definition) is 3. The normalized spacial score (nSPS) is 19.0. The first kappa shape index (κ1) is 16.0. The van der Waals surface area contributed by atoms with E-state index in [1.807, 2.05) is 37.3 Å². The van der Waals surface area contributed by atoms with Crippen molar-refractivity contribution >= 4 is 17.5 Å². The zero-order chi connectivity index (χ0) is 16.4. The molecule has 3 rings (SSSR count). The number of para-hydroxylation sites is 1. The van der Waals surface area contributed by atoms with Crippen LogP contribution in [0.1, 0.15) is 24.1 Å². The molecule has 1 amide bonds. The van der Waals surface area contributed by atoms with Crippen LogP contribution in [0.15, 0.2) is 30.3 Å². The van der Waals surface area contributed by atoms with Crippen LogP contribution in [0.25, 0.3) is 5.69 Å². The second kappa shape index (κ2) is 6.72. The molecule has 0 bridgehead atoms. The third kappa shape index (κ3) is 3.41. The minimum absolute atomic E-state index is 0.0630. The lowest BCUT2D eigenvalue weighted by Gasteiger charge is -2.31. The van der Waals surface area contributed by atoms with Gasteiger partial charge in [-0.3, -0.25) is 9.69 Å². The van der Waals surface area contributed by atoms with Gasteiger partial charge in [-0.1, -0.05) is 29.8 Å². The van der Waals surface area contributed by atoms with Crippen molar-refractivity contribution in [1.82, 2.24) is 14.7 Å². The number of amides is 1. The maximum absolute atomic E-state index is 11.4. The van der Waals surface area contributed by atoms with E-state index in [0.29, 0.717) is 18.2 Å². The van der Waals surface area contributed by atoms with Crippen LogP contribution in [0.2, 0.25) is 5.15 Å². The Morgan fingerprint density at radius 2 is 2.13 bits per heavy atom. The van der Waals surface area contributed by atoms with Crippen molar-refractivity contribution in [3.8, 4) is 5.69 Å². The number of piperidine rings is 1. The fraction of sp³-hybridized carbons (Fsp3) is 0.412. The largest absolute Gasteiger partial charge is 0.369 e. The Bertz CT molecular complexity index is 698. The minimum Gasteiger partial charge on any atom is -0.369 e. The van der Waals surface area contributed by atoms with Gasteiger partial charge >= 0.3 is 0 Å². The fourth-order valence-corrected chi connectivity index (χ4v) is 3.44. The monoisotopic (exact) mass is 332 g/mol. The lowest BCUT2D eigenvalue weighted by molar-refractivity contribution is -0.123. The summed E-state index contributed by atoms with van der Waals surface area (Å²) in [5, 5.41) is 5.20. The van der Waals surface area contributed by atoms with Crippen molar-refractivity contribution in [2.45, 2.75) is 26.3 Å². The van der Waals surface area contributed by atoms with E-state index in [9.17, 15) is 4.79 Å². The van der Waals surface area contributed by atoms with Crippen LogP contribution in [0.5, 0.6) is 0 Å². The number of carbonyl (C=O) groups is 1. The standard InChI is InChI=1S/C17H21ClN4O/c1-12-15(11-21-9-5-6-13(10-21)17(19)23)16(18)22(20-12)14-7-3-2-4-8-14/h2-4,7-8,13H,5-6,9-11H2,1H3,(H2,19,23). The Morgan fingerprint density at radius 3 is 2.83 bits per heavy atom. The third-order valence-corrected chi connectivity index (χ3v) is 4.80. The van der Waals surface area contributed by atoms with Gasteiger partial charge in [0.1, 0.15) is 5.15 Å². The van der Waals surface area contributed by atoms with Crippen molar-refractivity contribution in [1.29, 1.82) is 0 Å². The van der Waals surface area contributed by atoms with Crippen molar-refractivity contribution in [3.63, 3.8) is 0 Å². The summed E-state index contributed by atoms with van der Waals surface area (Å²) < 4.78 is 1.77. The van der Waals surface area contributed by atoms with Crippen LogP contribution in [0.3, 0.4) is 0 Å². The van der Waals surface area contributed by atoms with Crippen LogP contribution >= 0.6 is 11.6 Å². The highest BCUT2D eigenvalue weighted by Crippen LogP contribution is 2.26. The number of primary amides is 1. The molecule has 2 aromatic rings. The second-order valence-electron chi connectivity index (χ2n) is 6.08. The number of nitrogens with two attached hydrogens (primary N) is 1. The maximum Gasteiger partial charge on any atom is 0.221 e. The zero-order valence-electron chi connectivity index (χ0n) is 13.2. The Labute approximate surface area is 141 Å². The van der Waals surface area contributed by atoms with Gasteiger partial charge in [0, 0.05) is 18.7 Å². The number of hydrogen-bond donors (Lipinski definition) is 1. The summed E-state index contributed by atoms with van der Waals surface area (Å²) in [4.78, 5) is 13.7. The zero-order valence-corrected chi connectivity index (χ0v) is 14.0. The molecule has 1 saturated heterocycles. The van der Waals surface area contributed by atoms with Crippen molar-refractivity contribution < 1.29 is 4.79 Å². The molecule has 1 aliphatic rings. The Balaban J connectivity index is 1.81. The molecule has 2 heterocycles. The SMILES string of the molecule is Cc1nn(-c2ccccc2)c(Cl)c1CN1CCCC(C(N)=O)C1. The Kier molecular flexibility index (Phi) is 4.68. The van der Waals surface area contributed by atoms with Gasteiger partial charge in [0.05, 0.1) is 17.3 Å². The number of nitrogens with zero attached hydrogens (tertiary/aromatic N) is 3. The number of aryl methyl sites for hydroxylation is 1. The molecule has 2 N–H and O–H groups in total. The van der Waals surface area contributed by atoms with Crippen LogP contribution in [0.4, 0.5) is 0 Å². The van der Waals surface area contributed by atoms with Crippen LogP contribution in [0, 0.1) is 12.8 Å². The van der Waals surface area contributed by atoms with Gasteiger partial charge in [0.25, 0.3) is 0 Å². The molecule has 1 aliphatic heterocycles. The summed E-state index contributed by atoms with van der Waals surface area (Å²) in [6, 6.07) is 9.85.